The molecule has 0 radical (unpaired) electrons. The molecule has 1 aliphatic rings. The van der Waals surface area contributed by atoms with Crippen molar-refractivity contribution < 1.29 is 22.7 Å². The lowest BCUT2D eigenvalue weighted by Crippen LogP contribution is -2.46. The predicted molar refractivity (Wildman–Crippen MR) is 141 cm³/mol. The Bertz CT molecular complexity index is 1110. The highest BCUT2D eigenvalue weighted by atomic mass is 32.2. The van der Waals surface area contributed by atoms with Crippen LogP contribution in [0.15, 0.2) is 46.2 Å². The predicted octanol–water partition coefficient (Wildman–Crippen LogP) is 5.39. The number of carbonyl (C=O) groups is 1. The van der Waals surface area contributed by atoms with E-state index in [2.05, 4.69) is 10.0 Å². The second-order valence-corrected chi connectivity index (χ2v) is 11.3. The molecule has 2 aromatic rings. The van der Waals surface area contributed by atoms with Gasteiger partial charge in [0.25, 0.3) is 5.91 Å². The third-order valence-corrected chi connectivity index (χ3v) is 7.83. The molecular formula is C26H31F3N4O2S2. The first-order valence-corrected chi connectivity index (χ1v) is 13.7. The fraction of sp³-hybridized carbons (Fsp3) is 0.462. The van der Waals surface area contributed by atoms with E-state index >= 15 is 8.78 Å². The maximum absolute atomic E-state index is 15.2. The molecule has 3 unspecified atom stereocenters. The summed E-state index contributed by atoms with van der Waals surface area (Å²) in [6.07, 6.45) is 0.998. The highest BCUT2D eigenvalue weighted by Gasteiger charge is 2.36. The third-order valence-electron chi connectivity index (χ3n) is 5.94. The van der Waals surface area contributed by atoms with Gasteiger partial charge in [-0.3, -0.25) is 9.52 Å². The Balaban J connectivity index is 1.74. The molecule has 1 aliphatic heterocycles. The average molecular weight is 553 g/mol. The second-order valence-electron chi connectivity index (χ2n) is 9.30. The lowest BCUT2D eigenvalue weighted by atomic mass is 9.95. The van der Waals surface area contributed by atoms with Crippen LogP contribution in [0.4, 0.5) is 18.9 Å². The zero-order valence-corrected chi connectivity index (χ0v) is 22.7. The van der Waals surface area contributed by atoms with Crippen LogP contribution in [0, 0.1) is 23.0 Å². The SMILES string of the molecule is CN(C)CC(F)C(CSc1ccc(F)cc1)Nc1c(F)cc(SNC(=O)C2(C)CCCCO2)cc1C#N. The number of ether oxygens (including phenoxy) is 1. The van der Waals surface area contributed by atoms with Crippen molar-refractivity contribution in [3.8, 4) is 6.07 Å². The van der Waals surface area contributed by atoms with Crippen LogP contribution in [0.1, 0.15) is 31.7 Å². The van der Waals surface area contributed by atoms with Crippen LogP contribution in [0.5, 0.6) is 0 Å². The van der Waals surface area contributed by atoms with E-state index in [0.29, 0.717) is 17.9 Å². The molecule has 200 valence electrons. The monoisotopic (exact) mass is 552 g/mol. The van der Waals surface area contributed by atoms with Gasteiger partial charge < -0.3 is 15.0 Å². The first-order valence-electron chi connectivity index (χ1n) is 11.9. The van der Waals surface area contributed by atoms with Crippen LogP contribution in [0.2, 0.25) is 0 Å². The number of hydrogen-bond donors (Lipinski definition) is 2. The topological polar surface area (TPSA) is 77.4 Å². The zero-order chi connectivity index (χ0) is 27.0. The smallest absolute Gasteiger partial charge is 0.262 e. The number of benzene rings is 2. The molecule has 3 atom stereocenters. The second kappa shape index (κ2) is 13.4. The molecule has 1 amide bonds. The molecule has 0 saturated carbocycles. The van der Waals surface area contributed by atoms with Gasteiger partial charge in [0.05, 0.1) is 17.3 Å². The number of hydrogen-bond acceptors (Lipinski definition) is 7. The number of amides is 1. The maximum Gasteiger partial charge on any atom is 0.262 e. The maximum atomic E-state index is 15.2. The number of nitriles is 1. The van der Waals surface area contributed by atoms with E-state index in [1.807, 2.05) is 6.07 Å². The van der Waals surface area contributed by atoms with Gasteiger partial charge in [0, 0.05) is 28.7 Å². The van der Waals surface area contributed by atoms with Gasteiger partial charge in [-0.05, 0) is 88.6 Å². The van der Waals surface area contributed by atoms with Gasteiger partial charge in [0.1, 0.15) is 29.5 Å². The van der Waals surface area contributed by atoms with Crippen molar-refractivity contribution in [3.63, 3.8) is 0 Å². The van der Waals surface area contributed by atoms with Gasteiger partial charge in [-0.15, -0.1) is 11.8 Å². The summed E-state index contributed by atoms with van der Waals surface area (Å²) in [5, 5.41) is 12.6. The molecule has 1 heterocycles. The van der Waals surface area contributed by atoms with Crippen molar-refractivity contribution in [1.82, 2.24) is 9.62 Å². The van der Waals surface area contributed by atoms with Crippen molar-refractivity contribution in [1.29, 1.82) is 5.26 Å². The van der Waals surface area contributed by atoms with Gasteiger partial charge in [0.2, 0.25) is 0 Å². The summed E-state index contributed by atoms with van der Waals surface area (Å²) in [5.74, 6) is -1.20. The van der Waals surface area contributed by atoms with E-state index in [4.69, 9.17) is 4.74 Å². The van der Waals surface area contributed by atoms with Gasteiger partial charge in [-0.2, -0.15) is 5.26 Å². The van der Waals surface area contributed by atoms with Crippen molar-refractivity contribution in [3.05, 3.63) is 53.6 Å². The standard InChI is InChI=1S/C26H31F3N4O2S2/c1-26(10-4-5-11-35-26)25(34)32-37-20-12-17(14-30)24(21(28)13-20)31-23(22(29)15-33(2)3)16-36-19-8-6-18(27)7-9-19/h6-9,12-13,22-23,31H,4-5,10-11,15-16H2,1-3H3,(H,32,34). The number of carbonyl (C=O) groups excluding carboxylic acids is 1. The minimum Gasteiger partial charge on any atom is -0.375 e. The van der Waals surface area contributed by atoms with Crippen LogP contribution in [-0.2, 0) is 9.53 Å². The summed E-state index contributed by atoms with van der Waals surface area (Å²) in [4.78, 5) is 15.4. The molecule has 0 spiro atoms. The Labute approximate surface area is 224 Å². The van der Waals surface area contributed by atoms with Crippen LogP contribution in [0.25, 0.3) is 0 Å². The fourth-order valence-electron chi connectivity index (χ4n) is 3.82. The number of rotatable bonds is 11. The summed E-state index contributed by atoms with van der Waals surface area (Å²) in [7, 11) is 3.47. The normalized spacial score (nSPS) is 19.2. The van der Waals surface area contributed by atoms with E-state index in [9.17, 15) is 14.4 Å². The lowest BCUT2D eigenvalue weighted by Gasteiger charge is -2.32. The van der Waals surface area contributed by atoms with Crippen LogP contribution >= 0.6 is 23.7 Å². The summed E-state index contributed by atoms with van der Waals surface area (Å²) in [6, 6.07) is 9.61. The first-order chi connectivity index (χ1) is 17.6. The van der Waals surface area contributed by atoms with Crippen molar-refractivity contribution >= 4 is 35.3 Å². The number of anilines is 1. The van der Waals surface area contributed by atoms with E-state index in [-0.39, 0.29) is 35.3 Å². The minimum atomic E-state index is -1.38. The summed E-state index contributed by atoms with van der Waals surface area (Å²) in [5.41, 5.74) is -1.06. The molecular weight excluding hydrogens is 521 g/mol. The molecule has 1 fully saturated rings. The Morgan fingerprint density at radius 1 is 1.22 bits per heavy atom. The molecule has 0 aliphatic carbocycles. The number of halogens is 3. The largest absolute Gasteiger partial charge is 0.375 e. The van der Waals surface area contributed by atoms with Crippen LogP contribution in [-0.4, -0.2) is 61.6 Å². The van der Waals surface area contributed by atoms with Crippen molar-refractivity contribution in [2.75, 3.05) is 38.3 Å². The molecule has 1 saturated heterocycles. The summed E-state index contributed by atoms with van der Waals surface area (Å²) in [6.45, 7) is 2.32. The third kappa shape index (κ3) is 8.30. The molecule has 0 bridgehead atoms. The Morgan fingerprint density at radius 2 is 1.95 bits per heavy atom. The highest BCUT2D eigenvalue weighted by molar-refractivity contribution is 7.99. The molecule has 2 N–H and O–H groups in total. The van der Waals surface area contributed by atoms with Crippen molar-refractivity contribution in [2.24, 2.45) is 0 Å². The number of alkyl halides is 1. The molecule has 2 aromatic carbocycles. The summed E-state index contributed by atoms with van der Waals surface area (Å²) >= 11 is 2.20. The first kappa shape index (κ1) is 29.2. The average Bonchev–Trinajstić information content (AvgIpc) is 2.86. The van der Waals surface area contributed by atoms with Gasteiger partial charge in [-0.1, -0.05) is 0 Å². The van der Waals surface area contributed by atoms with E-state index in [0.717, 1.165) is 29.7 Å². The molecule has 11 heteroatoms. The van der Waals surface area contributed by atoms with Gasteiger partial charge >= 0.3 is 0 Å². The quantitative estimate of drug-likeness (QED) is 0.286. The fourth-order valence-corrected chi connectivity index (χ4v) is 5.58. The zero-order valence-electron chi connectivity index (χ0n) is 21.0. The minimum absolute atomic E-state index is 0.00860. The Morgan fingerprint density at radius 3 is 2.57 bits per heavy atom. The summed E-state index contributed by atoms with van der Waals surface area (Å²) < 4.78 is 51.9. The Kier molecular flexibility index (Phi) is 10.6. The van der Waals surface area contributed by atoms with E-state index in [1.54, 1.807) is 38.1 Å². The molecule has 0 aromatic heterocycles. The molecule has 3 rings (SSSR count). The van der Waals surface area contributed by atoms with E-state index in [1.165, 1.54) is 36.0 Å². The number of thioether (sulfide) groups is 1. The lowest BCUT2D eigenvalue weighted by molar-refractivity contribution is -0.148. The number of nitrogens with zero attached hydrogens (tertiary/aromatic N) is 2. The molecule has 6 nitrogen and oxygen atoms in total. The van der Waals surface area contributed by atoms with E-state index < -0.39 is 23.6 Å². The Hall–Kier alpha value is -2.39. The van der Waals surface area contributed by atoms with Gasteiger partial charge in [0.15, 0.2) is 0 Å². The van der Waals surface area contributed by atoms with Crippen LogP contribution < -0.4 is 10.0 Å². The highest BCUT2D eigenvalue weighted by Crippen LogP contribution is 2.31. The van der Waals surface area contributed by atoms with Crippen LogP contribution in [0.3, 0.4) is 0 Å². The molecule has 37 heavy (non-hydrogen) atoms. The van der Waals surface area contributed by atoms with Gasteiger partial charge in [-0.25, -0.2) is 13.2 Å². The van der Waals surface area contributed by atoms with Crippen molar-refractivity contribution in [2.45, 2.75) is 53.8 Å². The number of nitrogens with one attached hydrogen (secondary N) is 2.